The predicted octanol–water partition coefficient (Wildman–Crippen LogP) is 3.19. The highest BCUT2D eigenvalue weighted by molar-refractivity contribution is 8.38. The Balaban J connectivity index is 0.000000542. The van der Waals surface area contributed by atoms with Gasteiger partial charge in [-0.2, -0.15) is 4.99 Å². The molecular formula is C17H22Cl2N8O2S3. The Bertz CT molecular complexity index is 967. The number of rotatable bonds is 3. The highest BCUT2D eigenvalue weighted by Crippen LogP contribution is 2.18. The molecule has 1 amide bonds. The summed E-state index contributed by atoms with van der Waals surface area (Å²) in [6, 6.07) is 6.75. The van der Waals surface area contributed by atoms with E-state index in [1.165, 1.54) is 41.5 Å². The van der Waals surface area contributed by atoms with Crippen molar-refractivity contribution < 1.29 is 10.3 Å². The number of halogens is 2. The molecule has 174 valence electrons. The molecule has 0 bridgehead atoms. The zero-order valence-corrected chi connectivity index (χ0v) is 21.2. The molecule has 3 aromatic rings. The van der Waals surface area contributed by atoms with Gasteiger partial charge in [-0.1, -0.05) is 35.0 Å². The summed E-state index contributed by atoms with van der Waals surface area (Å²) >= 11 is 15.7. The van der Waals surface area contributed by atoms with E-state index in [4.69, 9.17) is 23.2 Å². The number of pyridine rings is 2. The second-order valence-electron chi connectivity index (χ2n) is 5.00. The number of thioether (sulfide) groups is 3. The molecule has 0 saturated carbocycles. The molecule has 0 aliphatic carbocycles. The fourth-order valence-electron chi connectivity index (χ4n) is 1.81. The summed E-state index contributed by atoms with van der Waals surface area (Å²) in [5.41, 5.74) is 1.32. The first kappa shape index (κ1) is 30.3. The molecule has 15 heteroatoms. The van der Waals surface area contributed by atoms with E-state index in [2.05, 4.69) is 41.8 Å². The van der Waals surface area contributed by atoms with Crippen molar-refractivity contribution in [3.63, 3.8) is 0 Å². The van der Waals surface area contributed by atoms with Gasteiger partial charge in [-0.3, -0.25) is 21.6 Å². The minimum absolute atomic E-state index is 0. The quantitative estimate of drug-likeness (QED) is 0.112. The molecule has 0 aliphatic heterocycles. The van der Waals surface area contributed by atoms with Crippen molar-refractivity contribution >= 4 is 68.8 Å². The van der Waals surface area contributed by atoms with Crippen LogP contribution in [-0.4, -0.2) is 59.7 Å². The average molecular weight is 538 g/mol. The maximum atomic E-state index is 11.6. The van der Waals surface area contributed by atoms with Crippen LogP contribution in [0, 0.1) is 0 Å². The van der Waals surface area contributed by atoms with Crippen LogP contribution in [0.1, 0.15) is 10.4 Å². The van der Waals surface area contributed by atoms with E-state index in [-0.39, 0.29) is 11.4 Å². The van der Waals surface area contributed by atoms with Crippen molar-refractivity contribution in [1.29, 1.82) is 0 Å². The summed E-state index contributed by atoms with van der Waals surface area (Å²) in [5, 5.41) is 8.38. The molecule has 0 aromatic carbocycles. The van der Waals surface area contributed by atoms with Crippen LogP contribution in [-0.2, 0) is 0 Å². The van der Waals surface area contributed by atoms with Gasteiger partial charge in [0.2, 0.25) is 5.16 Å². The lowest BCUT2D eigenvalue weighted by Gasteiger charge is -1.98. The van der Waals surface area contributed by atoms with E-state index in [1.54, 1.807) is 24.4 Å². The van der Waals surface area contributed by atoms with E-state index in [0.717, 1.165) is 15.1 Å². The van der Waals surface area contributed by atoms with Gasteiger partial charge in [-0.05, 0) is 43.0 Å². The summed E-state index contributed by atoms with van der Waals surface area (Å²) in [5.74, 6) is 8.41. The Morgan fingerprint density at radius 3 is 2.03 bits per heavy atom. The highest BCUT2D eigenvalue weighted by atomic mass is 35.5. The maximum absolute atomic E-state index is 11.6. The molecule has 0 fully saturated rings. The molecule has 7 N–H and O–H groups in total. The SMILES string of the molecule is CSC(=NC(=O)c1ccc(Cl)nc1)SC.CSc1n[nH]c(-c2ccc(Cl)nc2)n1.NN.O. The summed E-state index contributed by atoms with van der Waals surface area (Å²) in [6.07, 6.45) is 8.76. The average Bonchev–Trinajstić information content (AvgIpc) is 3.29. The first-order valence-electron chi connectivity index (χ1n) is 8.21. The van der Waals surface area contributed by atoms with Gasteiger partial charge in [0.15, 0.2) is 5.82 Å². The summed E-state index contributed by atoms with van der Waals surface area (Å²) in [4.78, 5) is 27.5. The van der Waals surface area contributed by atoms with Crippen molar-refractivity contribution in [3.8, 4) is 11.4 Å². The van der Waals surface area contributed by atoms with Gasteiger partial charge in [-0.25, -0.2) is 15.0 Å². The third kappa shape index (κ3) is 10.3. The van der Waals surface area contributed by atoms with Crippen molar-refractivity contribution in [2.75, 3.05) is 18.8 Å². The van der Waals surface area contributed by atoms with Crippen molar-refractivity contribution in [1.82, 2.24) is 25.1 Å². The molecule has 0 spiro atoms. The Kier molecular flexibility index (Phi) is 16.0. The lowest BCUT2D eigenvalue weighted by molar-refractivity contribution is 0.100. The summed E-state index contributed by atoms with van der Waals surface area (Å²) in [6.45, 7) is 0. The first-order valence-corrected chi connectivity index (χ1v) is 12.6. The molecule has 3 aromatic heterocycles. The number of hydrazine groups is 1. The number of nitrogens with zero attached hydrogens (tertiary/aromatic N) is 5. The molecule has 10 nitrogen and oxygen atoms in total. The third-order valence-electron chi connectivity index (χ3n) is 3.16. The van der Waals surface area contributed by atoms with Gasteiger partial charge in [0.05, 0.1) is 5.56 Å². The van der Waals surface area contributed by atoms with Crippen LogP contribution in [0.4, 0.5) is 0 Å². The van der Waals surface area contributed by atoms with Gasteiger partial charge >= 0.3 is 0 Å². The molecule has 3 heterocycles. The molecule has 0 saturated heterocycles. The molecule has 0 aliphatic rings. The van der Waals surface area contributed by atoms with Crippen LogP contribution in [0.25, 0.3) is 11.4 Å². The van der Waals surface area contributed by atoms with Crippen LogP contribution in [0.2, 0.25) is 10.3 Å². The number of H-pyrrole nitrogens is 1. The number of hydrogen-bond donors (Lipinski definition) is 3. The second-order valence-corrected chi connectivity index (χ2v) is 8.40. The Hall–Kier alpha value is -1.71. The number of hydrogen-bond acceptors (Lipinski definition) is 10. The number of aliphatic imine (C=N–C) groups is 1. The Labute approximate surface area is 208 Å². The lowest BCUT2D eigenvalue weighted by atomic mass is 10.3. The zero-order valence-electron chi connectivity index (χ0n) is 17.2. The zero-order chi connectivity index (χ0) is 23.2. The number of aromatic amines is 1. The minimum Gasteiger partial charge on any atom is -0.412 e. The number of carbonyl (C=O) groups is 1. The largest absolute Gasteiger partial charge is 0.412 e. The van der Waals surface area contributed by atoms with E-state index >= 15 is 0 Å². The molecule has 32 heavy (non-hydrogen) atoms. The van der Waals surface area contributed by atoms with Gasteiger partial charge in [0, 0.05) is 18.0 Å². The predicted molar refractivity (Wildman–Crippen MR) is 136 cm³/mol. The van der Waals surface area contributed by atoms with Gasteiger partial charge in [-0.15, -0.1) is 28.6 Å². The second kappa shape index (κ2) is 16.9. The van der Waals surface area contributed by atoms with Crippen LogP contribution in [0.5, 0.6) is 0 Å². The van der Waals surface area contributed by atoms with E-state index in [0.29, 0.717) is 21.7 Å². The van der Waals surface area contributed by atoms with E-state index in [1.807, 2.05) is 24.8 Å². The smallest absolute Gasteiger partial charge is 0.280 e. The van der Waals surface area contributed by atoms with Crippen molar-refractivity contribution in [3.05, 3.63) is 52.5 Å². The van der Waals surface area contributed by atoms with Crippen molar-refractivity contribution in [2.45, 2.75) is 5.16 Å². The van der Waals surface area contributed by atoms with Gasteiger partial charge in [0.1, 0.15) is 14.7 Å². The number of aromatic nitrogens is 5. The molecule has 0 atom stereocenters. The van der Waals surface area contributed by atoms with E-state index in [9.17, 15) is 4.79 Å². The Morgan fingerprint density at radius 1 is 1.00 bits per heavy atom. The monoisotopic (exact) mass is 536 g/mol. The molecule has 0 unspecified atom stereocenters. The fraction of sp³-hybridized carbons (Fsp3) is 0.176. The topological polar surface area (TPSA) is 180 Å². The molecule has 0 radical (unpaired) electrons. The number of nitrogens with two attached hydrogens (primary N) is 2. The highest BCUT2D eigenvalue weighted by Gasteiger charge is 2.06. The van der Waals surface area contributed by atoms with Crippen LogP contribution >= 0.6 is 58.5 Å². The van der Waals surface area contributed by atoms with Crippen LogP contribution in [0.3, 0.4) is 0 Å². The van der Waals surface area contributed by atoms with Crippen LogP contribution < -0.4 is 11.7 Å². The van der Waals surface area contributed by atoms with E-state index < -0.39 is 0 Å². The number of nitrogens with one attached hydrogen (secondary N) is 1. The third-order valence-corrected chi connectivity index (χ3v) is 6.04. The summed E-state index contributed by atoms with van der Waals surface area (Å²) < 4.78 is 0.731. The van der Waals surface area contributed by atoms with Gasteiger partial charge < -0.3 is 5.48 Å². The normalized spacial score (nSPS) is 9.34. The molecular weight excluding hydrogens is 515 g/mol. The van der Waals surface area contributed by atoms with Gasteiger partial charge in [0.25, 0.3) is 5.91 Å². The van der Waals surface area contributed by atoms with Crippen LogP contribution in [0.15, 0.2) is 46.8 Å². The Morgan fingerprint density at radius 2 is 1.59 bits per heavy atom. The lowest BCUT2D eigenvalue weighted by Crippen LogP contribution is -2.02. The summed E-state index contributed by atoms with van der Waals surface area (Å²) in [7, 11) is 0. The van der Waals surface area contributed by atoms with Crippen molar-refractivity contribution in [2.24, 2.45) is 16.7 Å². The maximum Gasteiger partial charge on any atom is 0.280 e. The number of amides is 1. The first-order chi connectivity index (χ1) is 15.0. The standard InChI is InChI=1S/C9H9ClN2OS2.C8H7ClN4S.H4N2.H2O/c1-14-9(15-2)12-8(13)6-3-4-7(10)11-5-6;1-14-8-11-7(12-13-8)5-2-3-6(9)10-4-5;1-2;/h3-5H,1-2H3;2-4H,1H3,(H,11,12,13);1-2H2;1H2. The fourth-order valence-corrected chi connectivity index (χ4v) is 3.37. The minimum atomic E-state index is -0.294. The molecule has 3 rings (SSSR count). The number of carbonyl (C=O) groups excluding carboxylic acids is 1.